The fourth-order valence-corrected chi connectivity index (χ4v) is 10.2. The number of benzene rings is 5. The number of aryl methyl sites for hydroxylation is 2. The predicted molar refractivity (Wildman–Crippen MR) is 233 cm³/mol. The maximum absolute atomic E-state index is 5.09. The van der Waals surface area contributed by atoms with E-state index in [1.807, 2.05) is 25.1 Å². The standard InChI is InChI=1S/C29H24N3S.C19H20NSi.Ir/c1-18-12-17-22-21-8-7-9-23(26(21)33-28(22)30-18)27-31-24-10-5-6-11-25(24)32(27)20-15-13-19(14-16-20)29(2,3)4;1-14-12-18(20-13-19(14)21(2,3)4)17-11-7-9-15-8-5-6-10-16(15)17;/h5-8,10-17H,1-4H3;5-10,12-13H,1-4H3;/q2*-1;. The largest absolute Gasteiger partial charge is 0.333 e. The summed E-state index contributed by atoms with van der Waals surface area (Å²) in [7, 11) is -1.33. The molecule has 4 aromatic heterocycles. The second-order valence-corrected chi connectivity index (χ2v) is 22.2. The van der Waals surface area contributed by atoms with Crippen LogP contribution < -0.4 is 5.19 Å². The van der Waals surface area contributed by atoms with Crippen LogP contribution in [0.2, 0.25) is 19.6 Å². The molecule has 0 amide bonds. The average Bonchev–Trinajstić information content (AvgIpc) is 3.72. The van der Waals surface area contributed by atoms with Gasteiger partial charge in [-0.05, 0) is 76.1 Å². The van der Waals surface area contributed by atoms with Crippen LogP contribution in [0, 0.1) is 26.0 Å². The van der Waals surface area contributed by atoms with Crippen LogP contribution >= 0.6 is 11.3 Å². The molecule has 0 aliphatic rings. The van der Waals surface area contributed by atoms with Gasteiger partial charge < -0.3 is 9.55 Å². The first-order valence-electron chi connectivity index (χ1n) is 18.5. The van der Waals surface area contributed by atoms with Crippen LogP contribution in [0.3, 0.4) is 0 Å². The SMILES string of the molecule is Cc1cc(-c2[c-]ccc3ccccc23)ncc1[Si](C)(C)C.Cc1ccc2c(n1)sc1c(-c3nc4ccccc4n3-c3ccc(C(C)(C)C)cc3)[c-]ccc12.[Ir]. The van der Waals surface area contributed by atoms with Gasteiger partial charge >= 0.3 is 0 Å². The molecule has 0 atom stereocenters. The number of hydrogen-bond donors (Lipinski definition) is 0. The Morgan fingerprint density at radius 3 is 2.16 bits per heavy atom. The fourth-order valence-electron chi connectivity index (χ4n) is 7.30. The molecular formula is C48H44IrN4SSi-2. The van der Waals surface area contributed by atoms with Crippen LogP contribution in [0.15, 0.2) is 121 Å². The van der Waals surface area contributed by atoms with Crippen molar-refractivity contribution in [3.05, 3.63) is 150 Å². The minimum Gasteiger partial charge on any atom is -0.333 e. The molecule has 55 heavy (non-hydrogen) atoms. The van der Waals surface area contributed by atoms with Crippen LogP contribution in [0.5, 0.6) is 0 Å². The van der Waals surface area contributed by atoms with Crippen LogP contribution in [0.25, 0.3) is 70.4 Å². The molecular weight excluding hydrogens is 885 g/mol. The van der Waals surface area contributed by atoms with Gasteiger partial charge in [0.25, 0.3) is 0 Å². The van der Waals surface area contributed by atoms with Crippen molar-refractivity contribution in [3.8, 4) is 28.3 Å². The van der Waals surface area contributed by atoms with Gasteiger partial charge in [0.1, 0.15) is 4.83 Å². The summed E-state index contributed by atoms with van der Waals surface area (Å²) in [6.45, 7) is 18.1. The predicted octanol–water partition coefficient (Wildman–Crippen LogP) is 12.4. The molecule has 5 aromatic carbocycles. The maximum Gasteiger partial charge on any atom is 0.113 e. The fraction of sp³-hybridized carbons (Fsp3) is 0.188. The molecule has 1 radical (unpaired) electrons. The number of para-hydroxylation sites is 2. The summed E-state index contributed by atoms with van der Waals surface area (Å²) in [5.74, 6) is 0.911. The Labute approximate surface area is 342 Å². The quantitative estimate of drug-likeness (QED) is 0.130. The number of fused-ring (bicyclic) bond motifs is 5. The van der Waals surface area contributed by atoms with E-state index in [1.54, 1.807) is 11.3 Å². The summed E-state index contributed by atoms with van der Waals surface area (Å²) in [6, 6.07) is 47.2. The zero-order chi connectivity index (χ0) is 37.8. The van der Waals surface area contributed by atoms with Gasteiger partial charge in [-0.15, -0.1) is 47.3 Å². The Morgan fingerprint density at radius 1 is 0.709 bits per heavy atom. The number of thiophene rings is 1. The normalized spacial score (nSPS) is 11.9. The van der Waals surface area contributed by atoms with Crippen molar-refractivity contribution in [3.63, 3.8) is 0 Å². The topological polar surface area (TPSA) is 43.6 Å². The van der Waals surface area contributed by atoms with E-state index in [0.717, 1.165) is 49.9 Å². The molecule has 0 aliphatic heterocycles. The number of hydrogen-bond acceptors (Lipinski definition) is 4. The third-order valence-electron chi connectivity index (χ3n) is 10.1. The van der Waals surface area contributed by atoms with E-state index < -0.39 is 8.07 Å². The summed E-state index contributed by atoms with van der Waals surface area (Å²) in [4.78, 5) is 15.7. The van der Waals surface area contributed by atoms with Crippen LogP contribution in [0.1, 0.15) is 37.6 Å². The molecule has 9 aromatic rings. The first kappa shape index (κ1) is 38.5. The molecule has 0 N–H and O–H groups in total. The molecule has 0 spiro atoms. The molecule has 7 heteroatoms. The van der Waals surface area contributed by atoms with Crippen molar-refractivity contribution in [2.24, 2.45) is 0 Å². The van der Waals surface area contributed by atoms with E-state index >= 15 is 0 Å². The van der Waals surface area contributed by atoms with Crippen LogP contribution in [-0.4, -0.2) is 27.6 Å². The van der Waals surface area contributed by atoms with Crippen LogP contribution in [-0.2, 0) is 25.5 Å². The van der Waals surface area contributed by atoms with Gasteiger partial charge in [0.15, 0.2) is 0 Å². The Kier molecular flexibility index (Phi) is 10.5. The number of aromatic nitrogens is 4. The van der Waals surface area contributed by atoms with Crippen molar-refractivity contribution in [2.75, 3.05) is 0 Å². The molecule has 0 saturated carbocycles. The second-order valence-electron chi connectivity index (χ2n) is 16.1. The van der Waals surface area contributed by atoms with E-state index in [2.05, 4.69) is 167 Å². The molecule has 0 aliphatic carbocycles. The minimum atomic E-state index is -1.33. The minimum absolute atomic E-state index is 0. The van der Waals surface area contributed by atoms with Crippen molar-refractivity contribution in [2.45, 2.75) is 59.7 Å². The maximum atomic E-state index is 5.09. The van der Waals surface area contributed by atoms with E-state index in [4.69, 9.17) is 15.0 Å². The molecule has 277 valence electrons. The molecule has 0 bridgehead atoms. The van der Waals surface area contributed by atoms with Gasteiger partial charge in [0, 0.05) is 37.7 Å². The number of nitrogens with zero attached hydrogens (tertiary/aromatic N) is 4. The van der Waals surface area contributed by atoms with E-state index in [1.165, 1.54) is 42.6 Å². The summed E-state index contributed by atoms with van der Waals surface area (Å²) in [5.41, 5.74) is 10.1. The van der Waals surface area contributed by atoms with E-state index in [-0.39, 0.29) is 25.5 Å². The number of rotatable bonds is 4. The summed E-state index contributed by atoms with van der Waals surface area (Å²) in [5, 5.41) is 6.28. The van der Waals surface area contributed by atoms with Gasteiger partial charge in [-0.1, -0.05) is 123 Å². The van der Waals surface area contributed by atoms with Crippen molar-refractivity contribution >= 4 is 66.7 Å². The zero-order valence-electron chi connectivity index (χ0n) is 32.6. The summed E-state index contributed by atoms with van der Waals surface area (Å²) >= 11 is 1.72. The smallest absolute Gasteiger partial charge is 0.113 e. The van der Waals surface area contributed by atoms with Gasteiger partial charge in [-0.25, -0.2) is 4.98 Å². The Bertz CT molecular complexity index is 2820. The first-order chi connectivity index (χ1) is 25.9. The Morgan fingerprint density at radius 2 is 1.42 bits per heavy atom. The average molecular weight is 929 g/mol. The third kappa shape index (κ3) is 7.47. The molecule has 0 fully saturated rings. The molecule has 0 unspecified atom stereocenters. The summed E-state index contributed by atoms with van der Waals surface area (Å²) in [6.07, 6.45) is 2.08. The molecule has 4 heterocycles. The van der Waals surface area contributed by atoms with Gasteiger partial charge in [-0.3, -0.25) is 4.98 Å². The Hall–Kier alpha value is -4.78. The van der Waals surface area contributed by atoms with Crippen LogP contribution in [0.4, 0.5) is 0 Å². The Balaban J connectivity index is 0.000000183. The molecule has 4 nitrogen and oxygen atoms in total. The van der Waals surface area contributed by atoms with Gasteiger partial charge in [0.05, 0.1) is 24.9 Å². The monoisotopic (exact) mass is 929 g/mol. The third-order valence-corrected chi connectivity index (χ3v) is 13.4. The van der Waals surface area contributed by atoms with E-state index in [9.17, 15) is 0 Å². The molecule has 0 saturated heterocycles. The first-order valence-corrected chi connectivity index (χ1v) is 22.8. The summed E-state index contributed by atoms with van der Waals surface area (Å²) < 4.78 is 3.43. The number of imidazole rings is 1. The van der Waals surface area contributed by atoms with E-state index in [0.29, 0.717) is 0 Å². The van der Waals surface area contributed by atoms with Crippen molar-refractivity contribution in [1.29, 1.82) is 0 Å². The van der Waals surface area contributed by atoms with Gasteiger partial charge in [0.2, 0.25) is 0 Å². The number of pyridine rings is 2. The second kappa shape index (κ2) is 15.0. The zero-order valence-corrected chi connectivity index (χ0v) is 36.8. The van der Waals surface area contributed by atoms with Gasteiger partial charge in [-0.2, -0.15) is 11.3 Å². The van der Waals surface area contributed by atoms with Crippen molar-refractivity contribution < 1.29 is 20.1 Å². The van der Waals surface area contributed by atoms with Crippen molar-refractivity contribution in [1.82, 2.24) is 19.5 Å². The molecule has 9 rings (SSSR count).